The van der Waals surface area contributed by atoms with Gasteiger partial charge in [-0.2, -0.15) is 5.10 Å². The largest absolute Gasteiger partial charge is 0.462 e. The van der Waals surface area contributed by atoms with Gasteiger partial charge in [0.25, 0.3) is 0 Å². The number of carbonyl (C=O) groups is 2. The quantitative estimate of drug-likeness (QED) is 0.783. The first-order valence-electron chi connectivity index (χ1n) is 6.51. The molecule has 0 aliphatic rings. The van der Waals surface area contributed by atoms with E-state index in [4.69, 9.17) is 9.15 Å². The summed E-state index contributed by atoms with van der Waals surface area (Å²) >= 11 is 0. The maximum atomic E-state index is 12.1. The third-order valence-corrected chi connectivity index (χ3v) is 2.71. The predicted octanol–water partition coefficient (Wildman–Crippen LogP) is 2.29. The van der Waals surface area contributed by atoms with Gasteiger partial charge >= 0.3 is 11.9 Å². The molecule has 0 unspecified atom stereocenters. The first-order valence-corrected chi connectivity index (χ1v) is 6.51. The Hall–Kier alpha value is -2.37. The topological polar surface area (TPSA) is 74.3 Å². The van der Waals surface area contributed by atoms with E-state index in [-0.39, 0.29) is 12.4 Å². The van der Waals surface area contributed by atoms with Crippen molar-refractivity contribution in [2.75, 3.05) is 6.61 Å². The lowest BCUT2D eigenvalue weighted by Crippen LogP contribution is -2.12. The summed E-state index contributed by atoms with van der Waals surface area (Å²) in [5, 5.41) is 4.17. The molecule has 0 aromatic carbocycles. The molecule has 0 radical (unpaired) electrons. The summed E-state index contributed by atoms with van der Waals surface area (Å²) in [6.45, 7) is 3.99. The normalized spacial score (nSPS) is 10.5. The second-order valence-electron chi connectivity index (χ2n) is 4.19. The maximum Gasteiger partial charge on any atom is 0.341 e. The number of hydrogen-bond donors (Lipinski definition) is 0. The molecule has 6 nitrogen and oxygen atoms in total. The van der Waals surface area contributed by atoms with Crippen LogP contribution in [-0.4, -0.2) is 28.3 Å². The molecule has 2 aromatic heterocycles. The van der Waals surface area contributed by atoms with Crippen molar-refractivity contribution >= 4 is 11.9 Å². The zero-order chi connectivity index (χ0) is 14.5. The van der Waals surface area contributed by atoms with Gasteiger partial charge in [-0.1, -0.05) is 13.3 Å². The summed E-state index contributed by atoms with van der Waals surface area (Å²) in [6, 6.07) is 3.17. The first kappa shape index (κ1) is 14.0. The lowest BCUT2D eigenvalue weighted by atomic mass is 10.2. The summed E-state index contributed by atoms with van der Waals surface area (Å²) in [7, 11) is 0. The monoisotopic (exact) mass is 276 g/mol. The SMILES string of the molecule is CCCc1nn(C(=O)c2ccco2)cc1C(=O)OCC. The van der Waals surface area contributed by atoms with Crippen molar-refractivity contribution in [1.29, 1.82) is 0 Å². The van der Waals surface area contributed by atoms with Crippen LogP contribution in [0.1, 0.15) is 46.9 Å². The Morgan fingerprint density at radius 1 is 1.40 bits per heavy atom. The van der Waals surface area contributed by atoms with Crippen LogP contribution in [0.3, 0.4) is 0 Å². The van der Waals surface area contributed by atoms with Crippen LogP contribution >= 0.6 is 0 Å². The van der Waals surface area contributed by atoms with Gasteiger partial charge in [-0.15, -0.1) is 0 Å². The fraction of sp³-hybridized carbons (Fsp3) is 0.357. The molecule has 2 heterocycles. The van der Waals surface area contributed by atoms with Crippen LogP contribution in [-0.2, 0) is 11.2 Å². The number of hydrogen-bond acceptors (Lipinski definition) is 5. The van der Waals surface area contributed by atoms with Gasteiger partial charge in [-0.3, -0.25) is 4.79 Å². The Morgan fingerprint density at radius 3 is 2.80 bits per heavy atom. The van der Waals surface area contributed by atoms with Crippen LogP contribution in [0.4, 0.5) is 0 Å². The predicted molar refractivity (Wildman–Crippen MR) is 70.6 cm³/mol. The molecule has 0 N–H and O–H groups in total. The zero-order valence-corrected chi connectivity index (χ0v) is 11.5. The average Bonchev–Trinajstić information content (AvgIpc) is 3.08. The number of furan rings is 1. The van der Waals surface area contributed by atoms with Crippen molar-refractivity contribution in [3.63, 3.8) is 0 Å². The number of esters is 1. The molecule has 6 heteroatoms. The van der Waals surface area contributed by atoms with Gasteiger partial charge in [0, 0.05) is 6.20 Å². The molecule has 0 atom stereocenters. The molecular formula is C14H16N2O4. The molecular weight excluding hydrogens is 260 g/mol. The van der Waals surface area contributed by atoms with Crippen molar-refractivity contribution in [2.24, 2.45) is 0 Å². The zero-order valence-electron chi connectivity index (χ0n) is 11.5. The Bertz CT molecular complexity index is 599. The molecule has 0 spiro atoms. The van der Waals surface area contributed by atoms with E-state index in [0.29, 0.717) is 17.7 Å². The van der Waals surface area contributed by atoms with Gasteiger partial charge in [-0.05, 0) is 25.5 Å². The van der Waals surface area contributed by atoms with E-state index in [9.17, 15) is 9.59 Å². The van der Waals surface area contributed by atoms with E-state index in [2.05, 4.69) is 5.10 Å². The van der Waals surface area contributed by atoms with E-state index < -0.39 is 11.9 Å². The maximum absolute atomic E-state index is 12.1. The van der Waals surface area contributed by atoms with Crippen LogP contribution in [0.2, 0.25) is 0 Å². The lowest BCUT2D eigenvalue weighted by Gasteiger charge is -2.00. The van der Waals surface area contributed by atoms with E-state index in [1.54, 1.807) is 19.1 Å². The molecule has 0 fully saturated rings. The minimum Gasteiger partial charge on any atom is -0.462 e. The van der Waals surface area contributed by atoms with E-state index in [1.807, 2.05) is 6.92 Å². The van der Waals surface area contributed by atoms with Crippen LogP contribution < -0.4 is 0 Å². The third-order valence-electron chi connectivity index (χ3n) is 2.71. The van der Waals surface area contributed by atoms with Crippen molar-refractivity contribution in [1.82, 2.24) is 9.78 Å². The number of aromatic nitrogens is 2. The molecule has 0 saturated heterocycles. The second-order valence-corrected chi connectivity index (χ2v) is 4.19. The Morgan fingerprint density at radius 2 is 2.20 bits per heavy atom. The van der Waals surface area contributed by atoms with Crippen LogP contribution in [0, 0.1) is 0 Å². The van der Waals surface area contributed by atoms with Gasteiger partial charge in [0.15, 0.2) is 5.76 Å². The van der Waals surface area contributed by atoms with Crippen LogP contribution in [0.15, 0.2) is 29.0 Å². The lowest BCUT2D eigenvalue weighted by molar-refractivity contribution is 0.0525. The summed E-state index contributed by atoms with van der Waals surface area (Å²) in [5.74, 6) is -0.705. The first-order chi connectivity index (χ1) is 9.67. The van der Waals surface area contributed by atoms with Gasteiger partial charge in [0.2, 0.25) is 0 Å². The van der Waals surface area contributed by atoms with Crippen LogP contribution in [0.5, 0.6) is 0 Å². The highest BCUT2D eigenvalue weighted by atomic mass is 16.5. The summed E-state index contributed by atoms with van der Waals surface area (Å²) in [4.78, 5) is 24.0. The number of carbonyl (C=O) groups excluding carboxylic acids is 2. The van der Waals surface area contributed by atoms with E-state index in [1.165, 1.54) is 12.5 Å². The minimum absolute atomic E-state index is 0.172. The number of rotatable bonds is 5. The number of ether oxygens (including phenoxy) is 1. The van der Waals surface area contributed by atoms with E-state index in [0.717, 1.165) is 11.1 Å². The fourth-order valence-electron chi connectivity index (χ4n) is 1.83. The minimum atomic E-state index is -0.463. The highest BCUT2D eigenvalue weighted by Gasteiger charge is 2.21. The summed E-state index contributed by atoms with van der Waals surface area (Å²) in [5.41, 5.74) is 0.888. The van der Waals surface area contributed by atoms with Gasteiger partial charge < -0.3 is 9.15 Å². The van der Waals surface area contributed by atoms with Crippen molar-refractivity contribution in [2.45, 2.75) is 26.7 Å². The average molecular weight is 276 g/mol. The molecule has 0 aliphatic heterocycles. The van der Waals surface area contributed by atoms with Gasteiger partial charge in [-0.25, -0.2) is 9.48 Å². The fourth-order valence-corrected chi connectivity index (χ4v) is 1.83. The molecule has 20 heavy (non-hydrogen) atoms. The second kappa shape index (κ2) is 6.18. The molecule has 0 bridgehead atoms. The van der Waals surface area contributed by atoms with Crippen molar-refractivity contribution < 1.29 is 18.7 Å². The highest BCUT2D eigenvalue weighted by molar-refractivity contribution is 5.95. The highest BCUT2D eigenvalue weighted by Crippen LogP contribution is 2.13. The van der Waals surface area contributed by atoms with E-state index >= 15 is 0 Å². The number of aryl methyl sites for hydroxylation is 1. The Balaban J connectivity index is 2.33. The Kier molecular flexibility index (Phi) is 4.34. The molecule has 0 saturated carbocycles. The van der Waals surface area contributed by atoms with Crippen molar-refractivity contribution in [3.05, 3.63) is 41.6 Å². The number of nitrogens with zero attached hydrogens (tertiary/aromatic N) is 2. The van der Waals surface area contributed by atoms with Gasteiger partial charge in [0.1, 0.15) is 5.56 Å². The molecule has 0 aliphatic carbocycles. The molecule has 2 aromatic rings. The van der Waals surface area contributed by atoms with Gasteiger partial charge in [0.05, 0.1) is 18.6 Å². The molecule has 2 rings (SSSR count). The standard InChI is InChI=1S/C14H16N2O4/c1-3-6-11-10(14(18)19-4-2)9-16(15-11)13(17)12-7-5-8-20-12/h5,7-9H,3-4,6H2,1-2H3. The smallest absolute Gasteiger partial charge is 0.341 e. The van der Waals surface area contributed by atoms with Crippen molar-refractivity contribution in [3.8, 4) is 0 Å². The summed E-state index contributed by atoms with van der Waals surface area (Å²) < 4.78 is 11.1. The molecule has 106 valence electrons. The molecule has 0 amide bonds. The Labute approximate surface area is 116 Å². The summed E-state index contributed by atoms with van der Waals surface area (Å²) in [6.07, 6.45) is 4.23. The van der Waals surface area contributed by atoms with Crippen LogP contribution in [0.25, 0.3) is 0 Å². The third kappa shape index (κ3) is 2.79.